The first-order valence-corrected chi connectivity index (χ1v) is 10.6. The third-order valence-corrected chi connectivity index (χ3v) is 5.87. The van der Waals surface area contributed by atoms with E-state index in [0.29, 0.717) is 17.5 Å². The van der Waals surface area contributed by atoms with Crippen molar-refractivity contribution in [3.63, 3.8) is 0 Å². The lowest BCUT2D eigenvalue weighted by molar-refractivity contribution is -0.190. The van der Waals surface area contributed by atoms with E-state index in [0.717, 1.165) is 8.95 Å². The van der Waals surface area contributed by atoms with E-state index < -0.39 is 24.4 Å². The van der Waals surface area contributed by atoms with Crippen molar-refractivity contribution in [3.05, 3.63) is 68.6 Å². The summed E-state index contributed by atoms with van der Waals surface area (Å²) in [5.74, 6) is -0.625. The predicted molar refractivity (Wildman–Crippen MR) is 115 cm³/mol. The van der Waals surface area contributed by atoms with Crippen LogP contribution in [0.1, 0.15) is 27.1 Å². The highest BCUT2D eigenvalue weighted by Crippen LogP contribution is 2.24. The number of carbonyl (C=O) groups excluding carboxylic acids is 2. The molecule has 0 bridgehead atoms. The number of ether oxygens (including phenoxy) is 3. The fourth-order valence-corrected chi connectivity index (χ4v) is 3.65. The summed E-state index contributed by atoms with van der Waals surface area (Å²) in [6.07, 6.45) is -0.721. The normalized spacial score (nSPS) is 21.4. The first kappa shape index (κ1) is 22.0. The molecule has 0 N–H and O–H groups in total. The van der Waals surface area contributed by atoms with Gasteiger partial charge in [-0.05, 0) is 48.5 Å². The lowest BCUT2D eigenvalue weighted by atomic mass is 10.0. The molecule has 29 heavy (non-hydrogen) atoms. The minimum absolute atomic E-state index is 0.174. The van der Waals surface area contributed by atoms with E-state index in [1.807, 2.05) is 12.1 Å². The molecular formula is C21H21Br2NO5. The number of benzene rings is 2. The van der Waals surface area contributed by atoms with Gasteiger partial charge in [-0.15, -0.1) is 0 Å². The van der Waals surface area contributed by atoms with Crippen molar-refractivity contribution in [2.45, 2.75) is 24.9 Å². The Labute approximate surface area is 186 Å². The minimum atomic E-state index is -0.561. The van der Waals surface area contributed by atoms with Gasteiger partial charge in [0.05, 0.1) is 18.2 Å². The Morgan fingerprint density at radius 2 is 1.55 bits per heavy atom. The van der Waals surface area contributed by atoms with Crippen molar-refractivity contribution in [2.24, 2.45) is 0 Å². The molecule has 1 saturated heterocycles. The second-order valence-corrected chi connectivity index (χ2v) is 8.51. The Morgan fingerprint density at radius 1 is 1.00 bits per heavy atom. The highest BCUT2D eigenvalue weighted by molar-refractivity contribution is 9.10. The lowest BCUT2D eigenvalue weighted by Gasteiger charge is -2.39. The monoisotopic (exact) mass is 525 g/mol. The smallest absolute Gasteiger partial charge is 0.338 e. The van der Waals surface area contributed by atoms with Crippen LogP contribution in [0.4, 0.5) is 0 Å². The van der Waals surface area contributed by atoms with E-state index in [-0.39, 0.29) is 12.5 Å². The maximum atomic E-state index is 12.9. The van der Waals surface area contributed by atoms with Crippen LogP contribution >= 0.6 is 31.9 Å². The molecule has 1 aliphatic rings. The summed E-state index contributed by atoms with van der Waals surface area (Å²) in [7, 11) is 3.22. The molecule has 3 rings (SSSR count). The maximum Gasteiger partial charge on any atom is 0.338 e. The van der Waals surface area contributed by atoms with Gasteiger partial charge in [0.1, 0.15) is 6.10 Å². The topological polar surface area (TPSA) is 65.1 Å². The van der Waals surface area contributed by atoms with Crippen molar-refractivity contribution in [1.82, 2.24) is 4.90 Å². The molecule has 154 valence electrons. The minimum Gasteiger partial charge on any atom is -0.456 e. The molecule has 0 aromatic heterocycles. The van der Waals surface area contributed by atoms with Gasteiger partial charge in [-0.2, -0.15) is 0 Å². The third kappa shape index (κ3) is 5.45. The molecule has 1 fully saturated rings. The molecule has 0 saturated carbocycles. The number of esters is 1. The van der Waals surface area contributed by atoms with Gasteiger partial charge < -0.3 is 19.1 Å². The van der Waals surface area contributed by atoms with E-state index in [9.17, 15) is 9.59 Å². The number of methoxy groups -OCH3 is 1. The van der Waals surface area contributed by atoms with Crippen molar-refractivity contribution in [3.8, 4) is 0 Å². The molecule has 0 radical (unpaired) electrons. The van der Waals surface area contributed by atoms with Gasteiger partial charge in [-0.1, -0.05) is 31.9 Å². The molecule has 3 atom stereocenters. The summed E-state index contributed by atoms with van der Waals surface area (Å²) in [5, 5.41) is 0. The number of hydrogen-bond donors (Lipinski definition) is 0. The first-order chi connectivity index (χ1) is 13.9. The van der Waals surface area contributed by atoms with Crippen molar-refractivity contribution in [2.75, 3.05) is 20.8 Å². The number of rotatable bonds is 5. The van der Waals surface area contributed by atoms with E-state index >= 15 is 0 Å². The van der Waals surface area contributed by atoms with Crippen LogP contribution in [0, 0.1) is 0 Å². The van der Waals surface area contributed by atoms with Gasteiger partial charge in [-0.25, -0.2) is 4.79 Å². The van der Waals surface area contributed by atoms with Crippen LogP contribution < -0.4 is 0 Å². The number of likely N-dealkylation sites (N-methyl/N-ethyl adjacent to an activating group) is 1. The maximum absolute atomic E-state index is 12.9. The zero-order valence-corrected chi connectivity index (χ0v) is 19.2. The molecule has 1 amide bonds. The molecule has 2 aromatic rings. The number of amides is 1. The van der Waals surface area contributed by atoms with Crippen LogP contribution in [-0.4, -0.2) is 56.0 Å². The number of nitrogens with zero attached hydrogens (tertiary/aromatic N) is 1. The van der Waals surface area contributed by atoms with Gasteiger partial charge in [-0.3, -0.25) is 4.79 Å². The predicted octanol–water partition coefficient (Wildman–Crippen LogP) is 4.27. The van der Waals surface area contributed by atoms with Gasteiger partial charge in [0, 0.05) is 35.1 Å². The molecule has 1 heterocycles. The SMILES string of the molecule is CO[C@@H]1C[C@@H](OC(=O)c2ccc(Br)cc2)[C@H](N(C)C(=O)c2ccc(Br)cc2)CO1. The Hall–Kier alpha value is -1.74. The highest BCUT2D eigenvalue weighted by Gasteiger charge is 2.38. The van der Waals surface area contributed by atoms with E-state index in [1.54, 1.807) is 48.3 Å². The summed E-state index contributed by atoms with van der Waals surface area (Å²) in [6.45, 7) is 0.204. The third-order valence-electron chi connectivity index (χ3n) is 4.82. The van der Waals surface area contributed by atoms with Gasteiger partial charge in [0.25, 0.3) is 5.91 Å². The largest absolute Gasteiger partial charge is 0.456 e. The molecular weight excluding hydrogens is 506 g/mol. The van der Waals surface area contributed by atoms with E-state index in [4.69, 9.17) is 14.2 Å². The van der Waals surface area contributed by atoms with Crippen LogP contribution in [0.2, 0.25) is 0 Å². The Morgan fingerprint density at radius 3 is 2.10 bits per heavy atom. The van der Waals surface area contributed by atoms with Crippen LogP contribution in [0.5, 0.6) is 0 Å². The molecule has 0 unspecified atom stereocenters. The number of halogens is 2. The number of carbonyl (C=O) groups is 2. The van der Waals surface area contributed by atoms with Gasteiger partial charge in [0.2, 0.25) is 0 Å². The first-order valence-electron chi connectivity index (χ1n) is 9.02. The van der Waals surface area contributed by atoms with Crippen LogP contribution in [0.3, 0.4) is 0 Å². The highest BCUT2D eigenvalue weighted by atomic mass is 79.9. The quantitative estimate of drug-likeness (QED) is 0.544. The summed E-state index contributed by atoms with van der Waals surface area (Å²) in [5.41, 5.74) is 0.983. The Bertz CT molecular complexity index is 856. The second-order valence-electron chi connectivity index (χ2n) is 6.68. The molecule has 6 nitrogen and oxygen atoms in total. The Kier molecular flexibility index (Phi) is 7.45. The second kappa shape index (κ2) is 9.84. The van der Waals surface area contributed by atoms with Crippen LogP contribution in [-0.2, 0) is 14.2 Å². The molecule has 8 heteroatoms. The molecule has 1 aliphatic heterocycles. The average Bonchev–Trinajstić information content (AvgIpc) is 2.73. The summed E-state index contributed by atoms with van der Waals surface area (Å²) >= 11 is 6.72. The lowest BCUT2D eigenvalue weighted by Crippen LogP contribution is -2.54. The summed E-state index contributed by atoms with van der Waals surface area (Å²) in [6, 6.07) is 13.6. The van der Waals surface area contributed by atoms with E-state index in [1.165, 1.54) is 7.11 Å². The zero-order chi connectivity index (χ0) is 21.0. The van der Waals surface area contributed by atoms with Crippen LogP contribution in [0.15, 0.2) is 57.5 Å². The fourth-order valence-electron chi connectivity index (χ4n) is 3.12. The Balaban J connectivity index is 1.77. The van der Waals surface area contributed by atoms with Gasteiger partial charge >= 0.3 is 5.97 Å². The standard InChI is InChI=1S/C21H21Br2NO5/c1-24(20(25)13-3-7-15(22)8-4-13)17-12-28-19(27-2)11-18(17)29-21(26)14-5-9-16(23)10-6-14/h3-10,17-19H,11-12H2,1-2H3/t17-,18-,19+/m1/s1. The fraction of sp³-hybridized carbons (Fsp3) is 0.333. The van der Waals surface area contributed by atoms with Crippen molar-refractivity contribution >= 4 is 43.7 Å². The summed E-state index contributed by atoms with van der Waals surface area (Å²) < 4.78 is 18.5. The average molecular weight is 527 g/mol. The van der Waals surface area contributed by atoms with Gasteiger partial charge in [0.15, 0.2) is 6.29 Å². The number of hydrogen-bond acceptors (Lipinski definition) is 5. The molecule has 2 aromatic carbocycles. The molecule has 0 spiro atoms. The summed E-state index contributed by atoms with van der Waals surface area (Å²) in [4.78, 5) is 27.1. The van der Waals surface area contributed by atoms with Crippen molar-refractivity contribution in [1.29, 1.82) is 0 Å². The van der Waals surface area contributed by atoms with E-state index in [2.05, 4.69) is 31.9 Å². The zero-order valence-electron chi connectivity index (χ0n) is 16.0. The molecule has 0 aliphatic carbocycles. The van der Waals surface area contributed by atoms with Crippen LogP contribution in [0.25, 0.3) is 0 Å². The van der Waals surface area contributed by atoms with Crippen molar-refractivity contribution < 1.29 is 23.8 Å².